The van der Waals surface area contributed by atoms with E-state index >= 15 is 0 Å². The van der Waals surface area contributed by atoms with Crippen molar-refractivity contribution in [3.8, 4) is 17.1 Å². The summed E-state index contributed by atoms with van der Waals surface area (Å²) >= 11 is 5.96. The number of hydrogen-bond donors (Lipinski definition) is 2. The van der Waals surface area contributed by atoms with Crippen molar-refractivity contribution in [2.75, 3.05) is 20.2 Å². The van der Waals surface area contributed by atoms with Crippen LogP contribution in [-0.4, -0.2) is 42.2 Å². The van der Waals surface area contributed by atoms with E-state index in [9.17, 15) is 18.4 Å². The lowest BCUT2D eigenvalue weighted by atomic mass is 10.2. The summed E-state index contributed by atoms with van der Waals surface area (Å²) in [5.74, 6) is -3.37. The molecule has 30 heavy (non-hydrogen) atoms. The molecule has 0 spiro atoms. The Morgan fingerprint density at radius 1 is 1.10 bits per heavy atom. The molecule has 1 aromatic heterocycles. The zero-order valence-corrected chi connectivity index (χ0v) is 16.3. The molecule has 0 saturated heterocycles. The van der Waals surface area contributed by atoms with Gasteiger partial charge in [-0.05, 0) is 30.3 Å². The van der Waals surface area contributed by atoms with E-state index in [1.165, 1.54) is 7.11 Å². The molecule has 2 N–H and O–H groups in total. The van der Waals surface area contributed by atoms with Crippen LogP contribution in [0.15, 0.2) is 40.9 Å². The van der Waals surface area contributed by atoms with Crippen LogP contribution in [-0.2, 0) is 0 Å². The summed E-state index contributed by atoms with van der Waals surface area (Å²) in [6, 6.07) is 7.90. The maximum absolute atomic E-state index is 13.6. The summed E-state index contributed by atoms with van der Waals surface area (Å²) in [5.41, 5.74) is -0.257. The van der Waals surface area contributed by atoms with E-state index < -0.39 is 29.0 Å². The number of halogens is 3. The first-order valence-corrected chi connectivity index (χ1v) is 8.96. The smallest absolute Gasteiger partial charge is 0.316 e. The van der Waals surface area contributed by atoms with Crippen molar-refractivity contribution in [1.82, 2.24) is 20.8 Å². The number of ether oxygens (including phenoxy) is 1. The van der Waals surface area contributed by atoms with Crippen LogP contribution < -0.4 is 15.4 Å². The first-order chi connectivity index (χ1) is 14.4. The highest BCUT2D eigenvalue weighted by molar-refractivity contribution is 6.30. The van der Waals surface area contributed by atoms with Crippen LogP contribution in [0.5, 0.6) is 5.75 Å². The fourth-order valence-corrected chi connectivity index (χ4v) is 2.68. The van der Waals surface area contributed by atoms with Gasteiger partial charge in [0.2, 0.25) is 5.82 Å². The van der Waals surface area contributed by atoms with Gasteiger partial charge in [0, 0.05) is 18.1 Å². The highest BCUT2D eigenvalue weighted by atomic mass is 35.5. The van der Waals surface area contributed by atoms with Crippen molar-refractivity contribution in [1.29, 1.82) is 0 Å². The fraction of sp³-hybridized carbons (Fsp3) is 0.158. The molecule has 2 amide bonds. The zero-order valence-electron chi connectivity index (χ0n) is 15.5. The van der Waals surface area contributed by atoms with Gasteiger partial charge >= 0.3 is 11.8 Å². The van der Waals surface area contributed by atoms with Gasteiger partial charge < -0.3 is 19.9 Å². The molecule has 0 radical (unpaired) electrons. The first-order valence-electron chi connectivity index (χ1n) is 8.58. The number of carbonyl (C=O) groups is 2. The molecule has 2 aromatic carbocycles. The van der Waals surface area contributed by atoms with Crippen LogP contribution in [0.2, 0.25) is 5.02 Å². The Labute approximate surface area is 174 Å². The molecular formula is C19H15ClF2N4O4. The van der Waals surface area contributed by atoms with E-state index in [0.717, 1.165) is 18.2 Å². The Morgan fingerprint density at radius 3 is 2.43 bits per heavy atom. The normalized spacial score (nSPS) is 10.5. The third-order valence-corrected chi connectivity index (χ3v) is 4.14. The van der Waals surface area contributed by atoms with E-state index in [4.69, 9.17) is 20.9 Å². The molecule has 0 aliphatic rings. The number of amides is 2. The van der Waals surface area contributed by atoms with Crippen LogP contribution in [0.3, 0.4) is 0 Å². The Morgan fingerprint density at radius 2 is 1.77 bits per heavy atom. The maximum atomic E-state index is 13.6. The average Bonchev–Trinajstić information content (AvgIpc) is 3.21. The number of hydrogen-bond acceptors (Lipinski definition) is 6. The zero-order chi connectivity index (χ0) is 21.7. The standard InChI is InChI=1S/C19H15ClF2N4O4/c1-29-14-6-5-10(20)9-11(14)16-25-19(30-26-16)18(28)24-8-7-23-17(27)15-12(21)3-2-4-13(15)22/h2-6,9H,7-8H2,1H3,(H,23,27)(H,24,28). The minimum absolute atomic E-state index is 0.0428. The van der Waals surface area contributed by atoms with Gasteiger partial charge in [-0.2, -0.15) is 4.98 Å². The number of carbonyl (C=O) groups excluding carboxylic acids is 2. The van der Waals surface area contributed by atoms with E-state index in [-0.39, 0.29) is 24.8 Å². The van der Waals surface area contributed by atoms with Gasteiger partial charge in [0.25, 0.3) is 5.91 Å². The van der Waals surface area contributed by atoms with Crippen LogP contribution in [0.25, 0.3) is 11.4 Å². The Kier molecular flexibility index (Phi) is 6.58. The fourth-order valence-electron chi connectivity index (χ4n) is 2.51. The van der Waals surface area contributed by atoms with Gasteiger partial charge in [0.15, 0.2) is 0 Å². The molecule has 1 heterocycles. The maximum Gasteiger partial charge on any atom is 0.316 e. The summed E-state index contributed by atoms with van der Waals surface area (Å²) in [4.78, 5) is 28.0. The predicted octanol–water partition coefficient (Wildman–Crippen LogP) is 2.84. The SMILES string of the molecule is COc1ccc(Cl)cc1-c1noc(C(=O)NCCNC(=O)c2c(F)cccc2F)n1. The molecule has 3 rings (SSSR count). The number of rotatable bonds is 7. The van der Waals surface area contributed by atoms with Crippen molar-refractivity contribution in [3.05, 3.63) is 64.5 Å². The largest absolute Gasteiger partial charge is 0.496 e. The average molecular weight is 437 g/mol. The van der Waals surface area contributed by atoms with Gasteiger partial charge in [-0.1, -0.05) is 22.8 Å². The molecule has 156 valence electrons. The minimum atomic E-state index is -0.980. The second-order valence-corrected chi connectivity index (χ2v) is 6.31. The van der Waals surface area contributed by atoms with E-state index in [2.05, 4.69) is 20.8 Å². The number of methoxy groups -OCH3 is 1. The molecule has 0 fully saturated rings. The molecule has 0 bridgehead atoms. The second-order valence-electron chi connectivity index (χ2n) is 5.88. The quantitative estimate of drug-likeness (QED) is 0.552. The van der Waals surface area contributed by atoms with Gasteiger partial charge in [-0.3, -0.25) is 9.59 Å². The summed E-state index contributed by atoms with van der Waals surface area (Å²) < 4.78 is 37.3. The Hall–Kier alpha value is -3.53. The van der Waals surface area contributed by atoms with Crippen LogP contribution >= 0.6 is 11.6 Å². The third kappa shape index (κ3) is 4.71. The van der Waals surface area contributed by atoms with Crippen LogP contribution in [0.1, 0.15) is 21.0 Å². The van der Waals surface area contributed by atoms with Crippen molar-refractivity contribution >= 4 is 23.4 Å². The molecule has 3 aromatic rings. The Bertz CT molecular complexity index is 1070. The molecule has 0 unspecified atom stereocenters. The monoisotopic (exact) mass is 436 g/mol. The number of aromatic nitrogens is 2. The van der Waals surface area contributed by atoms with E-state index in [1.807, 2.05) is 0 Å². The molecule has 8 nitrogen and oxygen atoms in total. The second kappa shape index (κ2) is 9.31. The molecule has 0 saturated carbocycles. The van der Waals surface area contributed by atoms with E-state index in [1.54, 1.807) is 18.2 Å². The van der Waals surface area contributed by atoms with Crippen molar-refractivity contribution in [2.24, 2.45) is 0 Å². The van der Waals surface area contributed by atoms with Crippen LogP contribution in [0.4, 0.5) is 8.78 Å². The molecular weight excluding hydrogens is 422 g/mol. The topological polar surface area (TPSA) is 106 Å². The van der Waals surface area contributed by atoms with Gasteiger partial charge in [-0.15, -0.1) is 0 Å². The number of nitrogens with zero attached hydrogens (tertiary/aromatic N) is 2. The number of benzene rings is 2. The van der Waals surface area contributed by atoms with Crippen molar-refractivity contribution in [3.63, 3.8) is 0 Å². The lowest BCUT2D eigenvalue weighted by Gasteiger charge is -2.07. The molecule has 0 aliphatic carbocycles. The summed E-state index contributed by atoms with van der Waals surface area (Å²) in [7, 11) is 1.46. The number of nitrogens with one attached hydrogen (secondary N) is 2. The van der Waals surface area contributed by atoms with Crippen LogP contribution in [0, 0.1) is 11.6 Å². The predicted molar refractivity (Wildman–Crippen MR) is 102 cm³/mol. The summed E-state index contributed by atoms with van der Waals surface area (Å²) in [5, 5.41) is 8.91. The van der Waals surface area contributed by atoms with Crippen molar-refractivity contribution < 1.29 is 27.6 Å². The highest BCUT2D eigenvalue weighted by Crippen LogP contribution is 2.30. The lowest BCUT2D eigenvalue weighted by Crippen LogP contribution is -2.35. The molecule has 11 heteroatoms. The summed E-state index contributed by atoms with van der Waals surface area (Å²) in [6.45, 7) is -0.125. The van der Waals surface area contributed by atoms with Gasteiger partial charge in [0.1, 0.15) is 22.9 Å². The molecule has 0 atom stereocenters. The van der Waals surface area contributed by atoms with Crippen molar-refractivity contribution in [2.45, 2.75) is 0 Å². The van der Waals surface area contributed by atoms with Gasteiger partial charge in [0.05, 0.1) is 12.7 Å². The third-order valence-electron chi connectivity index (χ3n) is 3.91. The Balaban J connectivity index is 1.57. The summed E-state index contributed by atoms with van der Waals surface area (Å²) in [6.07, 6.45) is 0. The van der Waals surface area contributed by atoms with Gasteiger partial charge in [-0.25, -0.2) is 8.78 Å². The van der Waals surface area contributed by atoms with E-state index in [0.29, 0.717) is 16.3 Å². The lowest BCUT2D eigenvalue weighted by molar-refractivity contribution is 0.0896. The molecule has 0 aliphatic heterocycles. The minimum Gasteiger partial charge on any atom is -0.496 e. The first kappa shape index (κ1) is 21.2. The highest BCUT2D eigenvalue weighted by Gasteiger charge is 2.19.